The van der Waals surface area contributed by atoms with E-state index in [1.54, 1.807) is 0 Å². The monoisotopic (exact) mass is 216 g/mol. The summed E-state index contributed by atoms with van der Waals surface area (Å²) in [6.07, 6.45) is 1.23. The van der Waals surface area contributed by atoms with Crippen molar-refractivity contribution in [2.24, 2.45) is 11.8 Å². The SMILES string of the molecule is CC1CNCC1CN1CCc2ccccc21. The summed E-state index contributed by atoms with van der Waals surface area (Å²) < 4.78 is 0. The average Bonchev–Trinajstić information content (AvgIpc) is 2.88. The Morgan fingerprint density at radius 3 is 3.00 bits per heavy atom. The number of para-hydroxylation sites is 1. The van der Waals surface area contributed by atoms with E-state index in [9.17, 15) is 0 Å². The van der Waals surface area contributed by atoms with Crippen molar-refractivity contribution >= 4 is 5.69 Å². The van der Waals surface area contributed by atoms with Gasteiger partial charge in [0.1, 0.15) is 0 Å². The van der Waals surface area contributed by atoms with Crippen LogP contribution in [0, 0.1) is 11.8 Å². The van der Waals surface area contributed by atoms with Crippen molar-refractivity contribution in [3.8, 4) is 0 Å². The first-order chi connectivity index (χ1) is 7.84. The van der Waals surface area contributed by atoms with Gasteiger partial charge in [-0.25, -0.2) is 0 Å². The van der Waals surface area contributed by atoms with Gasteiger partial charge in [-0.05, 0) is 43.0 Å². The van der Waals surface area contributed by atoms with Gasteiger partial charge in [0.15, 0.2) is 0 Å². The van der Waals surface area contributed by atoms with Crippen molar-refractivity contribution < 1.29 is 0 Å². The van der Waals surface area contributed by atoms with Crippen LogP contribution >= 0.6 is 0 Å². The predicted molar refractivity (Wildman–Crippen MR) is 67.9 cm³/mol. The molecule has 0 radical (unpaired) electrons. The van der Waals surface area contributed by atoms with E-state index >= 15 is 0 Å². The third-order valence-electron chi connectivity index (χ3n) is 4.12. The third kappa shape index (κ3) is 1.71. The largest absolute Gasteiger partial charge is 0.371 e. The molecule has 2 atom stereocenters. The second-order valence-corrected chi connectivity index (χ2v) is 5.22. The number of nitrogens with zero attached hydrogens (tertiary/aromatic N) is 1. The lowest BCUT2D eigenvalue weighted by atomic mass is 9.97. The van der Waals surface area contributed by atoms with Crippen molar-refractivity contribution in [2.45, 2.75) is 13.3 Å². The molecule has 86 valence electrons. The molecule has 1 aromatic carbocycles. The lowest BCUT2D eigenvalue weighted by Crippen LogP contribution is -2.30. The number of fused-ring (bicyclic) bond motifs is 1. The fourth-order valence-electron chi connectivity index (χ4n) is 2.99. The van der Waals surface area contributed by atoms with Gasteiger partial charge in [0.05, 0.1) is 0 Å². The van der Waals surface area contributed by atoms with E-state index in [0.717, 1.165) is 11.8 Å². The Labute approximate surface area is 97.6 Å². The van der Waals surface area contributed by atoms with Gasteiger partial charge in [0.25, 0.3) is 0 Å². The Morgan fingerprint density at radius 1 is 1.31 bits per heavy atom. The van der Waals surface area contributed by atoms with E-state index in [1.165, 1.54) is 43.9 Å². The molecule has 0 spiro atoms. The van der Waals surface area contributed by atoms with Gasteiger partial charge < -0.3 is 10.2 Å². The fraction of sp³-hybridized carbons (Fsp3) is 0.571. The van der Waals surface area contributed by atoms with Gasteiger partial charge >= 0.3 is 0 Å². The van der Waals surface area contributed by atoms with Crippen LogP contribution in [0.3, 0.4) is 0 Å². The van der Waals surface area contributed by atoms with Crippen LogP contribution in [0.2, 0.25) is 0 Å². The maximum absolute atomic E-state index is 3.49. The summed E-state index contributed by atoms with van der Waals surface area (Å²) in [6.45, 7) is 7.19. The van der Waals surface area contributed by atoms with E-state index in [1.807, 2.05) is 0 Å². The van der Waals surface area contributed by atoms with Gasteiger partial charge in [-0.2, -0.15) is 0 Å². The molecule has 0 aromatic heterocycles. The maximum atomic E-state index is 3.49. The molecule has 0 bridgehead atoms. The normalized spacial score (nSPS) is 28.4. The number of hydrogen-bond donors (Lipinski definition) is 1. The topological polar surface area (TPSA) is 15.3 Å². The molecule has 16 heavy (non-hydrogen) atoms. The minimum Gasteiger partial charge on any atom is -0.371 e. The molecule has 2 unspecified atom stereocenters. The summed E-state index contributed by atoms with van der Waals surface area (Å²) >= 11 is 0. The minimum atomic E-state index is 0.825. The van der Waals surface area contributed by atoms with E-state index < -0.39 is 0 Å². The molecule has 2 heterocycles. The van der Waals surface area contributed by atoms with Crippen LogP contribution in [0.1, 0.15) is 12.5 Å². The highest BCUT2D eigenvalue weighted by Crippen LogP contribution is 2.29. The van der Waals surface area contributed by atoms with Crippen LogP contribution in [0.15, 0.2) is 24.3 Å². The second-order valence-electron chi connectivity index (χ2n) is 5.22. The maximum Gasteiger partial charge on any atom is 0.0399 e. The Morgan fingerprint density at radius 2 is 2.19 bits per heavy atom. The fourth-order valence-corrected chi connectivity index (χ4v) is 2.99. The van der Waals surface area contributed by atoms with E-state index in [2.05, 4.69) is 41.4 Å². The molecule has 1 aromatic rings. The molecular formula is C14H20N2. The number of rotatable bonds is 2. The Kier molecular flexibility index (Phi) is 2.60. The first-order valence-electron chi connectivity index (χ1n) is 6.38. The molecule has 1 fully saturated rings. The number of anilines is 1. The summed E-state index contributed by atoms with van der Waals surface area (Å²) in [7, 11) is 0. The van der Waals surface area contributed by atoms with E-state index in [-0.39, 0.29) is 0 Å². The zero-order valence-corrected chi connectivity index (χ0v) is 9.95. The molecule has 2 nitrogen and oxygen atoms in total. The second kappa shape index (κ2) is 4.10. The lowest BCUT2D eigenvalue weighted by molar-refractivity contribution is 0.450. The summed E-state index contributed by atoms with van der Waals surface area (Å²) in [4.78, 5) is 2.57. The summed E-state index contributed by atoms with van der Waals surface area (Å²) in [5, 5.41) is 3.49. The quantitative estimate of drug-likeness (QED) is 0.812. The lowest BCUT2D eigenvalue weighted by Gasteiger charge is -2.25. The predicted octanol–water partition coefficient (Wildman–Crippen LogP) is 1.90. The van der Waals surface area contributed by atoms with Gasteiger partial charge in [-0.15, -0.1) is 0 Å². The number of nitrogens with one attached hydrogen (secondary N) is 1. The Hall–Kier alpha value is -1.02. The van der Waals surface area contributed by atoms with Crippen LogP contribution in [-0.4, -0.2) is 26.2 Å². The van der Waals surface area contributed by atoms with Crippen molar-refractivity contribution in [1.29, 1.82) is 0 Å². The molecule has 1 N–H and O–H groups in total. The van der Waals surface area contributed by atoms with Crippen molar-refractivity contribution in [1.82, 2.24) is 5.32 Å². The molecule has 1 saturated heterocycles. The average molecular weight is 216 g/mol. The van der Waals surface area contributed by atoms with Crippen LogP contribution < -0.4 is 10.2 Å². The molecule has 2 aliphatic heterocycles. The highest BCUT2D eigenvalue weighted by atomic mass is 15.2. The smallest absolute Gasteiger partial charge is 0.0399 e. The molecule has 0 aliphatic carbocycles. The Balaban J connectivity index is 1.73. The first-order valence-corrected chi connectivity index (χ1v) is 6.38. The molecular weight excluding hydrogens is 196 g/mol. The molecule has 0 amide bonds. The molecule has 0 saturated carbocycles. The van der Waals surface area contributed by atoms with E-state index in [0.29, 0.717) is 0 Å². The zero-order valence-electron chi connectivity index (χ0n) is 9.95. The van der Waals surface area contributed by atoms with Crippen LogP contribution in [0.4, 0.5) is 5.69 Å². The molecule has 3 rings (SSSR count). The summed E-state index contributed by atoms with van der Waals surface area (Å²) in [5.41, 5.74) is 3.00. The minimum absolute atomic E-state index is 0.825. The van der Waals surface area contributed by atoms with Crippen molar-refractivity contribution in [3.05, 3.63) is 29.8 Å². The van der Waals surface area contributed by atoms with Gasteiger partial charge in [-0.1, -0.05) is 25.1 Å². The number of benzene rings is 1. The van der Waals surface area contributed by atoms with Crippen LogP contribution in [0.5, 0.6) is 0 Å². The van der Waals surface area contributed by atoms with Crippen molar-refractivity contribution in [2.75, 3.05) is 31.1 Å². The third-order valence-corrected chi connectivity index (χ3v) is 4.12. The highest BCUT2D eigenvalue weighted by Gasteiger charge is 2.27. The molecule has 2 aliphatic rings. The first kappa shape index (κ1) is 10.2. The highest BCUT2D eigenvalue weighted by molar-refractivity contribution is 5.57. The standard InChI is InChI=1S/C14H20N2/c1-11-8-15-9-13(11)10-16-7-6-12-4-2-3-5-14(12)16/h2-5,11,13,15H,6-10H2,1H3. The van der Waals surface area contributed by atoms with Crippen LogP contribution in [0.25, 0.3) is 0 Å². The zero-order chi connectivity index (χ0) is 11.0. The van der Waals surface area contributed by atoms with Gasteiger partial charge in [0.2, 0.25) is 0 Å². The Bertz CT molecular complexity index is 375. The molecule has 2 heteroatoms. The van der Waals surface area contributed by atoms with Crippen LogP contribution in [-0.2, 0) is 6.42 Å². The number of hydrogen-bond acceptors (Lipinski definition) is 2. The summed E-state index contributed by atoms with van der Waals surface area (Å²) in [5.74, 6) is 1.65. The summed E-state index contributed by atoms with van der Waals surface area (Å²) in [6, 6.07) is 8.86. The van der Waals surface area contributed by atoms with Crippen molar-refractivity contribution in [3.63, 3.8) is 0 Å². The van der Waals surface area contributed by atoms with E-state index in [4.69, 9.17) is 0 Å². The van der Waals surface area contributed by atoms with Gasteiger partial charge in [-0.3, -0.25) is 0 Å². The van der Waals surface area contributed by atoms with Gasteiger partial charge in [0, 0.05) is 18.8 Å².